The highest BCUT2D eigenvalue weighted by Crippen LogP contribution is 2.52. The molecule has 0 radical (unpaired) electrons. The molecule has 4 bridgehead atoms. The Labute approximate surface area is 78.9 Å². The van der Waals surface area contributed by atoms with Crippen LogP contribution in [0.2, 0.25) is 0 Å². The standard InChI is InChI=1S/C10H18N2O/c1-10-4-6-2-8(12(10)13)3-7(5-10)9(6)11/h6-9,13H,2-5,11H2,1H3/t6-,7?,8?,9?,10?/m1/s1. The average Bonchev–Trinajstić information content (AvgIpc) is 2.05. The van der Waals surface area contributed by atoms with Gasteiger partial charge in [-0.05, 0) is 44.4 Å². The molecule has 2 saturated carbocycles. The van der Waals surface area contributed by atoms with Gasteiger partial charge < -0.3 is 10.9 Å². The predicted octanol–water partition coefficient (Wildman–Crippen LogP) is 0.966. The summed E-state index contributed by atoms with van der Waals surface area (Å²) in [5.41, 5.74) is 6.22. The van der Waals surface area contributed by atoms with Crippen molar-refractivity contribution in [3.05, 3.63) is 0 Å². The van der Waals surface area contributed by atoms with Gasteiger partial charge in [0.15, 0.2) is 0 Å². The van der Waals surface area contributed by atoms with E-state index in [4.69, 9.17) is 5.73 Å². The number of rotatable bonds is 0. The summed E-state index contributed by atoms with van der Waals surface area (Å²) in [6.45, 7) is 2.18. The number of hydrogen-bond donors (Lipinski definition) is 2. The van der Waals surface area contributed by atoms with E-state index < -0.39 is 0 Å². The first-order valence-electron chi connectivity index (χ1n) is 5.34. The SMILES string of the molecule is CC12CC3CC(C[C@H](C1)C3N)N2O. The van der Waals surface area contributed by atoms with E-state index >= 15 is 0 Å². The minimum atomic E-state index is 0.0480. The third-order valence-electron chi connectivity index (χ3n) is 4.54. The van der Waals surface area contributed by atoms with Crippen LogP contribution >= 0.6 is 0 Å². The summed E-state index contributed by atoms with van der Waals surface area (Å²) in [6.07, 6.45) is 4.42. The fraction of sp³-hybridized carbons (Fsp3) is 1.00. The largest absolute Gasteiger partial charge is 0.327 e. The molecule has 3 heteroatoms. The van der Waals surface area contributed by atoms with Gasteiger partial charge in [0.2, 0.25) is 0 Å². The average molecular weight is 182 g/mol. The third kappa shape index (κ3) is 0.901. The van der Waals surface area contributed by atoms with E-state index in [-0.39, 0.29) is 5.54 Å². The van der Waals surface area contributed by atoms with Gasteiger partial charge in [0, 0.05) is 17.6 Å². The van der Waals surface area contributed by atoms with Gasteiger partial charge in [0.1, 0.15) is 0 Å². The van der Waals surface area contributed by atoms with Crippen molar-refractivity contribution in [2.75, 3.05) is 0 Å². The van der Waals surface area contributed by atoms with Crippen LogP contribution in [0, 0.1) is 11.8 Å². The van der Waals surface area contributed by atoms with Gasteiger partial charge in [-0.15, -0.1) is 0 Å². The first kappa shape index (κ1) is 8.21. The second-order valence-corrected chi connectivity index (χ2v) is 5.47. The van der Waals surface area contributed by atoms with E-state index in [1.807, 2.05) is 0 Å². The molecule has 4 aliphatic rings. The normalized spacial score (nSPS) is 60.2. The van der Waals surface area contributed by atoms with Gasteiger partial charge in [-0.2, -0.15) is 5.06 Å². The maximum atomic E-state index is 9.97. The van der Waals surface area contributed by atoms with Crippen LogP contribution in [0.5, 0.6) is 0 Å². The zero-order valence-electron chi connectivity index (χ0n) is 8.11. The summed E-state index contributed by atoms with van der Waals surface area (Å²) in [5, 5.41) is 11.6. The molecule has 74 valence electrons. The molecule has 3 N–H and O–H groups in total. The van der Waals surface area contributed by atoms with E-state index in [0.717, 1.165) is 25.7 Å². The third-order valence-corrected chi connectivity index (χ3v) is 4.54. The van der Waals surface area contributed by atoms with Crippen LogP contribution in [0.15, 0.2) is 0 Å². The van der Waals surface area contributed by atoms with Crippen LogP contribution in [0.1, 0.15) is 32.6 Å². The quantitative estimate of drug-likeness (QED) is 0.587. The first-order valence-corrected chi connectivity index (χ1v) is 5.34. The Morgan fingerprint density at radius 1 is 1.31 bits per heavy atom. The molecule has 4 rings (SSSR count). The van der Waals surface area contributed by atoms with E-state index in [1.54, 1.807) is 5.06 Å². The van der Waals surface area contributed by atoms with Crippen LogP contribution < -0.4 is 5.73 Å². The summed E-state index contributed by atoms with van der Waals surface area (Å²) in [7, 11) is 0. The molecule has 0 amide bonds. The Kier molecular flexibility index (Phi) is 1.43. The highest BCUT2D eigenvalue weighted by atomic mass is 16.5. The minimum absolute atomic E-state index is 0.0480. The van der Waals surface area contributed by atoms with Crippen molar-refractivity contribution in [1.82, 2.24) is 5.06 Å². The van der Waals surface area contributed by atoms with Crippen LogP contribution in [0.3, 0.4) is 0 Å². The van der Waals surface area contributed by atoms with Crippen LogP contribution in [-0.4, -0.2) is 27.9 Å². The van der Waals surface area contributed by atoms with E-state index in [1.165, 1.54) is 0 Å². The van der Waals surface area contributed by atoms with Crippen LogP contribution in [0.25, 0.3) is 0 Å². The summed E-state index contributed by atoms with van der Waals surface area (Å²) >= 11 is 0. The van der Waals surface area contributed by atoms with Crippen molar-refractivity contribution in [3.63, 3.8) is 0 Å². The van der Waals surface area contributed by atoms with Gasteiger partial charge in [-0.3, -0.25) is 0 Å². The van der Waals surface area contributed by atoms with E-state index in [9.17, 15) is 5.21 Å². The van der Waals surface area contributed by atoms with Crippen molar-refractivity contribution < 1.29 is 5.21 Å². The lowest BCUT2D eigenvalue weighted by Gasteiger charge is -2.61. The zero-order chi connectivity index (χ0) is 9.22. The van der Waals surface area contributed by atoms with Crippen LogP contribution in [0.4, 0.5) is 0 Å². The predicted molar refractivity (Wildman–Crippen MR) is 49.2 cm³/mol. The molecule has 2 aliphatic carbocycles. The molecule has 0 aromatic heterocycles. The van der Waals surface area contributed by atoms with Crippen molar-refractivity contribution in [1.29, 1.82) is 0 Å². The van der Waals surface area contributed by atoms with E-state index in [2.05, 4.69) is 6.92 Å². The number of nitrogens with zero attached hydrogens (tertiary/aromatic N) is 1. The summed E-state index contributed by atoms with van der Waals surface area (Å²) in [4.78, 5) is 0. The van der Waals surface area contributed by atoms with Gasteiger partial charge in [0.25, 0.3) is 0 Å². The number of hydroxylamine groups is 2. The molecule has 2 heterocycles. The molecule has 0 spiro atoms. The lowest BCUT2D eigenvalue weighted by molar-refractivity contribution is -0.273. The van der Waals surface area contributed by atoms with Gasteiger partial charge >= 0.3 is 0 Å². The fourth-order valence-corrected chi connectivity index (χ4v) is 3.97. The second-order valence-electron chi connectivity index (χ2n) is 5.47. The molecule has 13 heavy (non-hydrogen) atoms. The van der Waals surface area contributed by atoms with Crippen molar-refractivity contribution in [3.8, 4) is 0 Å². The van der Waals surface area contributed by atoms with E-state index in [0.29, 0.717) is 23.9 Å². The molecule has 4 unspecified atom stereocenters. The molecule has 2 saturated heterocycles. The molecule has 0 aromatic rings. The number of nitrogens with two attached hydrogens (primary N) is 1. The molecule has 5 atom stereocenters. The summed E-state index contributed by atoms with van der Waals surface area (Å²) in [5.74, 6) is 1.34. The topological polar surface area (TPSA) is 49.5 Å². The monoisotopic (exact) mass is 182 g/mol. The summed E-state index contributed by atoms with van der Waals surface area (Å²) < 4.78 is 0. The number of hydrogen-bond acceptors (Lipinski definition) is 3. The zero-order valence-corrected chi connectivity index (χ0v) is 8.11. The molecule has 2 aliphatic heterocycles. The Morgan fingerprint density at radius 3 is 2.31 bits per heavy atom. The lowest BCUT2D eigenvalue weighted by Crippen LogP contribution is -2.68. The number of piperidine rings is 2. The highest BCUT2D eigenvalue weighted by Gasteiger charge is 2.56. The maximum absolute atomic E-state index is 9.97. The second kappa shape index (κ2) is 2.27. The Hall–Kier alpha value is -0.120. The van der Waals surface area contributed by atoms with Crippen molar-refractivity contribution in [2.45, 2.75) is 50.2 Å². The summed E-state index contributed by atoms with van der Waals surface area (Å²) in [6, 6.07) is 0.820. The van der Waals surface area contributed by atoms with Crippen LogP contribution in [-0.2, 0) is 0 Å². The Morgan fingerprint density at radius 2 is 1.85 bits per heavy atom. The Bertz CT molecular complexity index is 227. The molecule has 3 nitrogen and oxygen atoms in total. The first-order chi connectivity index (χ1) is 6.10. The van der Waals surface area contributed by atoms with Crippen molar-refractivity contribution in [2.24, 2.45) is 17.6 Å². The molecular formula is C10H18N2O. The van der Waals surface area contributed by atoms with Crippen molar-refractivity contribution >= 4 is 0 Å². The highest BCUT2D eigenvalue weighted by molar-refractivity contribution is 5.09. The molecule has 4 fully saturated rings. The van der Waals surface area contributed by atoms with Gasteiger partial charge in [-0.25, -0.2) is 0 Å². The Balaban J connectivity index is 1.97. The lowest BCUT2D eigenvalue weighted by atomic mass is 9.57. The molecular weight excluding hydrogens is 164 g/mol. The fourth-order valence-electron chi connectivity index (χ4n) is 3.97. The van der Waals surface area contributed by atoms with Gasteiger partial charge in [0.05, 0.1) is 0 Å². The smallest absolute Gasteiger partial charge is 0.0442 e. The molecule has 0 aromatic carbocycles. The minimum Gasteiger partial charge on any atom is -0.327 e. The maximum Gasteiger partial charge on any atom is 0.0442 e. The van der Waals surface area contributed by atoms with Gasteiger partial charge in [-0.1, -0.05) is 0 Å².